The van der Waals surface area contributed by atoms with E-state index in [0.717, 1.165) is 16.7 Å². The van der Waals surface area contributed by atoms with Crippen LogP contribution in [0.1, 0.15) is 9.67 Å². The van der Waals surface area contributed by atoms with Gasteiger partial charge in [-0.15, -0.1) is 24.0 Å². The molecular weight excluding hydrogens is 220 g/mol. The zero-order chi connectivity index (χ0) is 10.3. The molecule has 0 unspecified atom stereocenters. The van der Waals surface area contributed by atoms with E-state index in [9.17, 15) is 9.90 Å². The summed E-state index contributed by atoms with van der Waals surface area (Å²) in [4.78, 5) is 11.4. The van der Waals surface area contributed by atoms with Crippen LogP contribution in [0, 0.1) is 0 Å². The molecule has 1 heterocycles. The van der Waals surface area contributed by atoms with E-state index in [1.165, 1.54) is 6.07 Å². The van der Waals surface area contributed by atoms with Crippen molar-refractivity contribution >= 4 is 40.0 Å². The molecule has 0 radical (unpaired) electrons. The lowest BCUT2D eigenvalue weighted by Crippen LogP contribution is -1.89. The van der Waals surface area contributed by atoms with Crippen molar-refractivity contribution in [2.45, 2.75) is 4.90 Å². The number of rotatable bonds is 1. The van der Waals surface area contributed by atoms with Crippen LogP contribution >= 0.6 is 24.0 Å². The van der Waals surface area contributed by atoms with E-state index in [-0.39, 0.29) is 10.6 Å². The Kier molecular flexibility index (Phi) is 2.13. The SMILES string of the molecule is O=C(O)c1cc2ccc(O)c(S)c2s1. The van der Waals surface area contributed by atoms with Crippen molar-refractivity contribution in [1.82, 2.24) is 0 Å². The maximum absolute atomic E-state index is 10.7. The summed E-state index contributed by atoms with van der Waals surface area (Å²) in [5, 5.41) is 18.9. The summed E-state index contributed by atoms with van der Waals surface area (Å²) in [5.41, 5.74) is 0. The Labute approximate surface area is 89.0 Å². The molecule has 14 heavy (non-hydrogen) atoms. The minimum absolute atomic E-state index is 0.0691. The molecule has 0 amide bonds. The third-order valence-electron chi connectivity index (χ3n) is 1.85. The number of fused-ring (bicyclic) bond motifs is 1. The number of hydrogen-bond acceptors (Lipinski definition) is 4. The second kappa shape index (κ2) is 3.18. The third-order valence-corrected chi connectivity index (χ3v) is 3.61. The van der Waals surface area contributed by atoms with Gasteiger partial charge < -0.3 is 10.2 Å². The van der Waals surface area contributed by atoms with Gasteiger partial charge in [0, 0.05) is 0 Å². The van der Waals surface area contributed by atoms with Crippen molar-refractivity contribution in [3.63, 3.8) is 0 Å². The molecule has 0 atom stereocenters. The number of phenols is 1. The molecular formula is C9H6O3S2. The quantitative estimate of drug-likeness (QED) is 0.655. The Bertz CT molecular complexity index is 516. The summed E-state index contributed by atoms with van der Waals surface area (Å²) >= 11 is 5.22. The van der Waals surface area contributed by atoms with Crippen LogP contribution in [0.5, 0.6) is 5.75 Å². The molecule has 0 aliphatic rings. The molecule has 2 N–H and O–H groups in total. The highest BCUT2D eigenvalue weighted by molar-refractivity contribution is 7.81. The molecule has 0 aliphatic carbocycles. The fourth-order valence-corrected chi connectivity index (χ4v) is 2.46. The molecule has 0 fully saturated rings. The summed E-state index contributed by atoms with van der Waals surface area (Å²) in [5.74, 6) is -0.891. The normalized spacial score (nSPS) is 10.6. The van der Waals surface area contributed by atoms with Crippen LogP contribution < -0.4 is 0 Å². The minimum atomic E-state index is -0.960. The third kappa shape index (κ3) is 1.34. The number of phenolic OH excluding ortho intramolecular Hbond substituents is 1. The van der Waals surface area contributed by atoms with Crippen molar-refractivity contribution in [2.75, 3.05) is 0 Å². The van der Waals surface area contributed by atoms with Gasteiger partial charge in [0.2, 0.25) is 0 Å². The number of thiol groups is 1. The van der Waals surface area contributed by atoms with E-state index < -0.39 is 5.97 Å². The molecule has 0 spiro atoms. The highest BCUT2D eigenvalue weighted by Gasteiger charge is 2.11. The van der Waals surface area contributed by atoms with E-state index >= 15 is 0 Å². The molecule has 3 nitrogen and oxygen atoms in total. The van der Waals surface area contributed by atoms with E-state index in [1.54, 1.807) is 12.1 Å². The van der Waals surface area contributed by atoms with Crippen molar-refractivity contribution in [3.05, 3.63) is 23.1 Å². The van der Waals surface area contributed by atoms with Gasteiger partial charge in [-0.2, -0.15) is 0 Å². The van der Waals surface area contributed by atoms with Gasteiger partial charge in [0.05, 0.1) is 9.60 Å². The molecule has 0 aliphatic heterocycles. The average Bonchev–Trinajstić information content (AvgIpc) is 2.56. The van der Waals surface area contributed by atoms with Crippen molar-refractivity contribution in [2.24, 2.45) is 0 Å². The Morgan fingerprint density at radius 3 is 2.79 bits per heavy atom. The lowest BCUT2D eigenvalue weighted by molar-refractivity contribution is 0.0702. The van der Waals surface area contributed by atoms with Crippen LogP contribution in [-0.2, 0) is 0 Å². The molecule has 0 saturated heterocycles. The van der Waals surface area contributed by atoms with Crippen LogP contribution in [0.25, 0.3) is 10.1 Å². The van der Waals surface area contributed by atoms with Gasteiger partial charge in [0.1, 0.15) is 10.6 Å². The van der Waals surface area contributed by atoms with Gasteiger partial charge in [0.25, 0.3) is 0 Å². The van der Waals surface area contributed by atoms with Gasteiger partial charge in [0.15, 0.2) is 0 Å². The van der Waals surface area contributed by atoms with Gasteiger partial charge >= 0.3 is 5.97 Å². The topological polar surface area (TPSA) is 57.5 Å². The van der Waals surface area contributed by atoms with Crippen molar-refractivity contribution < 1.29 is 15.0 Å². The number of aromatic carboxylic acids is 1. The summed E-state index contributed by atoms with van der Waals surface area (Å²) < 4.78 is 0.700. The maximum Gasteiger partial charge on any atom is 0.345 e. The van der Waals surface area contributed by atoms with Crippen LogP contribution in [0.4, 0.5) is 0 Å². The number of benzene rings is 1. The number of hydrogen-bond donors (Lipinski definition) is 3. The lowest BCUT2D eigenvalue weighted by atomic mass is 10.2. The fourth-order valence-electron chi connectivity index (χ4n) is 1.18. The highest BCUT2D eigenvalue weighted by atomic mass is 32.1. The molecule has 1 aromatic carbocycles. The first-order valence-corrected chi connectivity index (χ1v) is 5.03. The van der Waals surface area contributed by atoms with Gasteiger partial charge in [-0.05, 0) is 23.6 Å². The summed E-state index contributed by atoms with van der Waals surface area (Å²) in [6, 6.07) is 4.75. The lowest BCUT2D eigenvalue weighted by Gasteiger charge is -1.96. The summed E-state index contributed by atoms with van der Waals surface area (Å²) in [6.07, 6.45) is 0. The molecule has 72 valence electrons. The van der Waals surface area contributed by atoms with E-state index in [0.29, 0.717) is 9.60 Å². The monoisotopic (exact) mass is 226 g/mol. The Balaban J connectivity index is 2.77. The molecule has 5 heteroatoms. The van der Waals surface area contributed by atoms with Gasteiger partial charge in [-0.1, -0.05) is 0 Å². The second-order valence-corrected chi connectivity index (χ2v) is 4.27. The number of carboxylic acid groups (broad SMARTS) is 1. The fraction of sp³-hybridized carbons (Fsp3) is 0. The molecule has 2 aromatic rings. The molecule has 2 rings (SSSR count). The molecule has 0 saturated carbocycles. The van der Waals surface area contributed by atoms with E-state index in [2.05, 4.69) is 12.6 Å². The summed E-state index contributed by atoms with van der Waals surface area (Å²) in [7, 11) is 0. The van der Waals surface area contributed by atoms with Gasteiger partial charge in [-0.25, -0.2) is 4.79 Å². The predicted octanol–water partition coefficient (Wildman–Crippen LogP) is 2.59. The zero-order valence-corrected chi connectivity index (χ0v) is 8.60. The standard InChI is InChI=1S/C9H6O3S2/c10-5-2-1-4-3-6(9(11)12)14-8(4)7(5)13/h1-3,10,13H,(H,11,12). The van der Waals surface area contributed by atoms with Crippen LogP contribution in [0.15, 0.2) is 23.1 Å². The number of carboxylic acids is 1. The van der Waals surface area contributed by atoms with Crippen molar-refractivity contribution in [3.8, 4) is 5.75 Å². The summed E-state index contributed by atoms with van der Waals surface area (Å²) in [6.45, 7) is 0. The first-order chi connectivity index (χ1) is 6.59. The first-order valence-electron chi connectivity index (χ1n) is 3.77. The minimum Gasteiger partial charge on any atom is -0.507 e. The van der Waals surface area contributed by atoms with E-state index in [4.69, 9.17) is 5.11 Å². The zero-order valence-electron chi connectivity index (χ0n) is 6.89. The van der Waals surface area contributed by atoms with Crippen LogP contribution in [0.2, 0.25) is 0 Å². The van der Waals surface area contributed by atoms with Crippen LogP contribution in [-0.4, -0.2) is 16.2 Å². The maximum atomic E-state index is 10.7. The van der Waals surface area contributed by atoms with Crippen molar-refractivity contribution in [1.29, 1.82) is 0 Å². The highest BCUT2D eigenvalue weighted by Crippen LogP contribution is 2.35. The number of aromatic hydroxyl groups is 1. The molecule has 1 aromatic heterocycles. The second-order valence-electron chi connectivity index (χ2n) is 2.77. The predicted molar refractivity (Wildman–Crippen MR) is 57.7 cm³/mol. The Morgan fingerprint density at radius 2 is 2.14 bits per heavy atom. The smallest absolute Gasteiger partial charge is 0.345 e. The van der Waals surface area contributed by atoms with Gasteiger partial charge in [-0.3, -0.25) is 0 Å². The van der Waals surface area contributed by atoms with E-state index in [1.807, 2.05) is 0 Å². The average molecular weight is 226 g/mol. The Morgan fingerprint density at radius 1 is 1.43 bits per heavy atom. The largest absolute Gasteiger partial charge is 0.507 e. The molecule has 0 bridgehead atoms. The van der Waals surface area contributed by atoms with Crippen LogP contribution in [0.3, 0.4) is 0 Å². The first kappa shape index (κ1) is 9.36. The number of carbonyl (C=O) groups is 1. The number of thiophene rings is 1. The Hall–Kier alpha value is -1.20.